The molecule has 0 spiro atoms. The highest BCUT2D eigenvalue weighted by molar-refractivity contribution is 9.11. The molecule has 1 atom stereocenters. The summed E-state index contributed by atoms with van der Waals surface area (Å²) in [5.74, 6) is 0.613. The van der Waals surface area contributed by atoms with Crippen LogP contribution in [-0.2, 0) is 0 Å². The standard InChI is InChI=1S/C11H13BrN4S/c1-7(4-13)16-11-14-5-8(6-15-11)9-2-3-10(12)17-9/h2-3,5-7H,4,13H2,1H3,(H,14,15,16). The molecule has 2 rings (SSSR count). The van der Waals surface area contributed by atoms with Gasteiger partial charge >= 0.3 is 0 Å². The Kier molecular flexibility index (Phi) is 4.09. The maximum absolute atomic E-state index is 5.52. The van der Waals surface area contributed by atoms with Crippen molar-refractivity contribution in [2.75, 3.05) is 11.9 Å². The maximum Gasteiger partial charge on any atom is 0.222 e. The lowest BCUT2D eigenvalue weighted by Crippen LogP contribution is -2.26. The summed E-state index contributed by atoms with van der Waals surface area (Å²) in [5.41, 5.74) is 6.54. The molecule has 0 saturated carbocycles. The first kappa shape index (κ1) is 12.5. The average Bonchev–Trinajstić information content (AvgIpc) is 2.77. The molecule has 2 aromatic rings. The van der Waals surface area contributed by atoms with Crippen molar-refractivity contribution in [3.05, 3.63) is 28.3 Å². The summed E-state index contributed by atoms with van der Waals surface area (Å²) < 4.78 is 1.10. The van der Waals surface area contributed by atoms with Crippen molar-refractivity contribution in [3.63, 3.8) is 0 Å². The summed E-state index contributed by atoms with van der Waals surface area (Å²) in [6, 6.07) is 4.24. The predicted octanol–water partition coefficient (Wildman–Crippen LogP) is 2.73. The molecule has 0 saturated heterocycles. The lowest BCUT2D eigenvalue weighted by atomic mass is 10.3. The highest BCUT2D eigenvalue weighted by Crippen LogP contribution is 2.30. The van der Waals surface area contributed by atoms with Gasteiger partial charge in [0, 0.05) is 35.4 Å². The Morgan fingerprint density at radius 3 is 2.65 bits per heavy atom. The second kappa shape index (κ2) is 5.57. The first-order valence-corrected chi connectivity index (χ1v) is 6.84. The molecule has 0 aliphatic heterocycles. The monoisotopic (exact) mass is 312 g/mol. The van der Waals surface area contributed by atoms with E-state index in [1.807, 2.05) is 31.5 Å². The molecule has 4 nitrogen and oxygen atoms in total. The molecule has 17 heavy (non-hydrogen) atoms. The van der Waals surface area contributed by atoms with Crippen LogP contribution in [0.4, 0.5) is 5.95 Å². The predicted molar refractivity (Wildman–Crippen MR) is 75.2 cm³/mol. The summed E-state index contributed by atoms with van der Waals surface area (Å²) in [7, 11) is 0. The Balaban J connectivity index is 2.13. The summed E-state index contributed by atoms with van der Waals surface area (Å²) in [6.07, 6.45) is 3.63. The molecule has 1 unspecified atom stereocenters. The molecule has 0 bridgehead atoms. The number of nitrogens with zero attached hydrogens (tertiary/aromatic N) is 2. The van der Waals surface area contributed by atoms with Gasteiger partial charge in [0.15, 0.2) is 0 Å². The minimum Gasteiger partial charge on any atom is -0.351 e. The van der Waals surface area contributed by atoms with Gasteiger partial charge in [0.05, 0.1) is 3.79 Å². The van der Waals surface area contributed by atoms with Gasteiger partial charge in [-0.2, -0.15) is 0 Å². The number of hydrogen-bond acceptors (Lipinski definition) is 5. The molecule has 0 aliphatic carbocycles. The van der Waals surface area contributed by atoms with Gasteiger partial charge in [-0.25, -0.2) is 9.97 Å². The van der Waals surface area contributed by atoms with Gasteiger partial charge in [0.25, 0.3) is 0 Å². The average molecular weight is 313 g/mol. The van der Waals surface area contributed by atoms with Crippen molar-refractivity contribution >= 4 is 33.2 Å². The van der Waals surface area contributed by atoms with Crippen molar-refractivity contribution in [3.8, 4) is 10.4 Å². The first-order chi connectivity index (χ1) is 8.19. The number of aromatic nitrogens is 2. The number of nitrogens with one attached hydrogen (secondary N) is 1. The summed E-state index contributed by atoms with van der Waals surface area (Å²) in [6.45, 7) is 2.55. The van der Waals surface area contributed by atoms with Crippen molar-refractivity contribution in [1.29, 1.82) is 0 Å². The van der Waals surface area contributed by atoms with Gasteiger partial charge in [-0.1, -0.05) is 0 Å². The molecule has 2 aromatic heterocycles. The molecule has 3 N–H and O–H groups in total. The summed E-state index contributed by atoms with van der Waals surface area (Å²) in [4.78, 5) is 9.68. The third-order valence-electron chi connectivity index (χ3n) is 2.24. The number of anilines is 1. The number of thiophene rings is 1. The molecular weight excluding hydrogens is 300 g/mol. The van der Waals surface area contributed by atoms with Crippen molar-refractivity contribution < 1.29 is 0 Å². The molecule has 0 fully saturated rings. The fraction of sp³-hybridized carbons (Fsp3) is 0.273. The van der Waals surface area contributed by atoms with Gasteiger partial charge in [-0.15, -0.1) is 11.3 Å². The van der Waals surface area contributed by atoms with Crippen LogP contribution >= 0.6 is 27.3 Å². The molecule has 90 valence electrons. The van der Waals surface area contributed by atoms with E-state index in [0.29, 0.717) is 12.5 Å². The minimum atomic E-state index is 0.178. The van der Waals surface area contributed by atoms with E-state index in [4.69, 9.17) is 5.73 Å². The van der Waals surface area contributed by atoms with Crippen molar-refractivity contribution in [2.24, 2.45) is 5.73 Å². The third kappa shape index (κ3) is 3.24. The Morgan fingerprint density at radius 1 is 1.41 bits per heavy atom. The quantitative estimate of drug-likeness (QED) is 0.911. The van der Waals surface area contributed by atoms with Gasteiger partial charge in [-0.3, -0.25) is 0 Å². The SMILES string of the molecule is CC(CN)Nc1ncc(-c2ccc(Br)s2)cn1. The Hall–Kier alpha value is -0.980. The van der Waals surface area contributed by atoms with E-state index in [1.165, 1.54) is 0 Å². The normalized spacial score (nSPS) is 12.4. The van der Waals surface area contributed by atoms with E-state index in [2.05, 4.69) is 31.2 Å². The zero-order valence-electron chi connectivity index (χ0n) is 9.35. The molecule has 6 heteroatoms. The highest BCUT2D eigenvalue weighted by atomic mass is 79.9. The zero-order chi connectivity index (χ0) is 12.3. The van der Waals surface area contributed by atoms with Crippen LogP contribution in [0.3, 0.4) is 0 Å². The topological polar surface area (TPSA) is 63.8 Å². The minimum absolute atomic E-state index is 0.178. The summed E-state index contributed by atoms with van der Waals surface area (Å²) in [5, 5.41) is 3.12. The lowest BCUT2D eigenvalue weighted by molar-refractivity contribution is 0.790. The second-order valence-corrected chi connectivity index (χ2v) is 6.14. The first-order valence-electron chi connectivity index (χ1n) is 5.23. The number of rotatable bonds is 4. The molecule has 0 radical (unpaired) electrons. The van der Waals surface area contributed by atoms with Gasteiger partial charge in [0.2, 0.25) is 5.95 Å². The smallest absolute Gasteiger partial charge is 0.222 e. The number of halogens is 1. The molecule has 0 aromatic carbocycles. The fourth-order valence-electron chi connectivity index (χ4n) is 1.28. The third-order valence-corrected chi connectivity index (χ3v) is 3.91. The van der Waals surface area contributed by atoms with Gasteiger partial charge in [0.1, 0.15) is 0 Å². The number of nitrogens with two attached hydrogens (primary N) is 1. The van der Waals surface area contributed by atoms with Crippen LogP contribution < -0.4 is 11.1 Å². The Bertz CT molecular complexity index is 482. The van der Waals surface area contributed by atoms with Crippen LogP contribution in [0.5, 0.6) is 0 Å². The maximum atomic E-state index is 5.52. The van der Waals surface area contributed by atoms with Crippen molar-refractivity contribution in [1.82, 2.24) is 9.97 Å². The largest absolute Gasteiger partial charge is 0.351 e. The zero-order valence-corrected chi connectivity index (χ0v) is 11.8. The van der Waals surface area contributed by atoms with Crippen LogP contribution in [-0.4, -0.2) is 22.6 Å². The highest BCUT2D eigenvalue weighted by Gasteiger charge is 2.04. The number of hydrogen-bond donors (Lipinski definition) is 2. The Morgan fingerprint density at radius 2 is 2.12 bits per heavy atom. The van der Waals surface area contributed by atoms with Crippen molar-refractivity contribution in [2.45, 2.75) is 13.0 Å². The van der Waals surface area contributed by atoms with E-state index in [9.17, 15) is 0 Å². The van der Waals surface area contributed by atoms with Crippen LogP contribution in [0.25, 0.3) is 10.4 Å². The van der Waals surface area contributed by atoms with Crippen LogP contribution in [0, 0.1) is 0 Å². The van der Waals surface area contributed by atoms with E-state index < -0.39 is 0 Å². The summed E-state index contributed by atoms with van der Waals surface area (Å²) >= 11 is 5.10. The molecule has 0 amide bonds. The fourth-order valence-corrected chi connectivity index (χ4v) is 2.64. The van der Waals surface area contributed by atoms with Crippen LogP contribution in [0.15, 0.2) is 28.3 Å². The molecular formula is C11H13BrN4S. The van der Waals surface area contributed by atoms with E-state index in [1.54, 1.807) is 11.3 Å². The van der Waals surface area contributed by atoms with E-state index >= 15 is 0 Å². The van der Waals surface area contributed by atoms with Gasteiger partial charge < -0.3 is 11.1 Å². The molecule has 2 heterocycles. The lowest BCUT2D eigenvalue weighted by Gasteiger charge is -2.10. The van der Waals surface area contributed by atoms with Gasteiger partial charge in [-0.05, 0) is 35.0 Å². The Labute approximate surface area is 112 Å². The van der Waals surface area contributed by atoms with E-state index in [0.717, 1.165) is 14.2 Å². The van der Waals surface area contributed by atoms with Crippen LogP contribution in [0.1, 0.15) is 6.92 Å². The second-order valence-electron chi connectivity index (χ2n) is 3.68. The van der Waals surface area contributed by atoms with Crippen LogP contribution in [0.2, 0.25) is 0 Å². The molecule has 0 aliphatic rings. The van der Waals surface area contributed by atoms with E-state index in [-0.39, 0.29) is 6.04 Å².